The van der Waals surface area contributed by atoms with Crippen LogP contribution in [0.25, 0.3) is 0 Å². The summed E-state index contributed by atoms with van der Waals surface area (Å²) in [5.74, 6) is -2.39. The lowest BCUT2D eigenvalue weighted by atomic mass is 10.2. The molecule has 0 atom stereocenters. The van der Waals surface area contributed by atoms with Gasteiger partial charge in [0.05, 0.1) is 11.3 Å². The highest BCUT2D eigenvalue weighted by molar-refractivity contribution is 5.94. The van der Waals surface area contributed by atoms with Crippen molar-refractivity contribution in [2.24, 2.45) is 0 Å². The molecule has 0 aromatic heterocycles. The number of unbranched alkanes of at least 4 members (excludes halogenated alkanes) is 1. The molecule has 1 aromatic carbocycles. The van der Waals surface area contributed by atoms with Crippen molar-refractivity contribution in [3.63, 3.8) is 0 Å². The van der Waals surface area contributed by atoms with E-state index >= 15 is 0 Å². The van der Waals surface area contributed by atoms with E-state index in [-0.39, 0.29) is 17.9 Å². The second kappa shape index (κ2) is 7.48. The number of hydrogen-bond acceptors (Lipinski definition) is 3. The van der Waals surface area contributed by atoms with Crippen molar-refractivity contribution in [2.75, 3.05) is 18.5 Å². The van der Waals surface area contributed by atoms with Crippen LogP contribution in [0.4, 0.5) is 10.1 Å². The summed E-state index contributed by atoms with van der Waals surface area (Å²) in [6, 6.07) is 3.20. The Bertz CT molecular complexity index is 462. The molecule has 1 aromatic rings. The number of amides is 1. The summed E-state index contributed by atoms with van der Waals surface area (Å²) >= 11 is 0. The number of carbonyl (C=O) groups excluding carboxylic acids is 1. The average molecular weight is 269 g/mol. The molecule has 1 amide bonds. The zero-order valence-electron chi connectivity index (χ0n) is 10.6. The quantitative estimate of drug-likeness (QED) is 0.744. The Kier molecular flexibility index (Phi) is 5.95. The highest BCUT2D eigenvalue weighted by Crippen LogP contribution is 2.16. The SMILES string of the molecule is CCCCOCC(=O)Nc1cc(C(=O)O)ccc1F. The molecule has 0 heterocycles. The number of carboxylic acids is 1. The molecular weight excluding hydrogens is 253 g/mol. The number of anilines is 1. The number of ether oxygens (including phenoxy) is 1. The van der Waals surface area contributed by atoms with Crippen molar-refractivity contribution in [1.82, 2.24) is 0 Å². The third-order valence-corrected chi connectivity index (χ3v) is 2.36. The van der Waals surface area contributed by atoms with Gasteiger partial charge in [-0.15, -0.1) is 0 Å². The number of carbonyl (C=O) groups is 2. The molecule has 104 valence electrons. The molecule has 0 aliphatic rings. The van der Waals surface area contributed by atoms with Gasteiger partial charge in [-0.1, -0.05) is 13.3 Å². The predicted octanol–water partition coefficient (Wildman–Crippen LogP) is 2.28. The predicted molar refractivity (Wildman–Crippen MR) is 67.7 cm³/mol. The van der Waals surface area contributed by atoms with Crippen molar-refractivity contribution in [1.29, 1.82) is 0 Å². The maximum atomic E-state index is 13.4. The Morgan fingerprint density at radius 1 is 1.42 bits per heavy atom. The van der Waals surface area contributed by atoms with Crippen molar-refractivity contribution >= 4 is 17.6 Å². The van der Waals surface area contributed by atoms with Crippen LogP contribution in [0, 0.1) is 5.82 Å². The highest BCUT2D eigenvalue weighted by atomic mass is 19.1. The average Bonchev–Trinajstić information content (AvgIpc) is 2.37. The topological polar surface area (TPSA) is 75.6 Å². The summed E-state index contributed by atoms with van der Waals surface area (Å²) in [5.41, 5.74) is -0.257. The normalized spacial score (nSPS) is 10.2. The molecule has 6 heteroatoms. The molecule has 0 spiro atoms. The van der Waals surface area contributed by atoms with E-state index < -0.39 is 17.7 Å². The number of halogens is 1. The van der Waals surface area contributed by atoms with Crippen LogP contribution in [0.5, 0.6) is 0 Å². The van der Waals surface area contributed by atoms with Gasteiger partial charge >= 0.3 is 5.97 Å². The third-order valence-electron chi connectivity index (χ3n) is 2.36. The summed E-state index contributed by atoms with van der Waals surface area (Å²) < 4.78 is 18.5. The molecule has 0 fully saturated rings. The largest absolute Gasteiger partial charge is 0.478 e. The van der Waals surface area contributed by atoms with Gasteiger partial charge in [0.15, 0.2) is 0 Å². The number of nitrogens with one attached hydrogen (secondary N) is 1. The molecule has 0 radical (unpaired) electrons. The standard InChI is InChI=1S/C13H16FNO4/c1-2-3-6-19-8-12(16)15-11-7-9(13(17)18)4-5-10(11)14/h4-5,7H,2-3,6,8H2,1H3,(H,15,16)(H,17,18). The Morgan fingerprint density at radius 3 is 2.79 bits per heavy atom. The van der Waals surface area contributed by atoms with Crippen molar-refractivity contribution in [2.45, 2.75) is 19.8 Å². The lowest BCUT2D eigenvalue weighted by Crippen LogP contribution is -2.19. The van der Waals surface area contributed by atoms with Gasteiger partial charge in [0.25, 0.3) is 0 Å². The minimum Gasteiger partial charge on any atom is -0.478 e. The minimum atomic E-state index is -1.19. The van der Waals surface area contributed by atoms with Gasteiger partial charge in [0.1, 0.15) is 12.4 Å². The summed E-state index contributed by atoms with van der Waals surface area (Å²) in [6.45, 7) is 2.27. The summed E-state index contributed by atoms with van der Waals surface area (Å²) in [7, 11) is 0. The Hall–Kier alpha value is -1.95. The van der Waals surface area contributed by atoms with Crippen LogP contribution >= 0.6 is 0 Å². The monoisotopic (exact) mass is 269 g/mol. The summed E-state index contributed by atoms with van der Waals surface area (Å²) in [4.78, 5) is 22.2. The lowest BCUT2D eigenvalue weighted by molar-refractivity contribution is -0.120. The maximum absolute atomic E-state index is 13.4. The zero-order valence-corrected chi connectivity index (χ0v) is 10.6. The summed E-state index contributed by atoms with van der Waals surface area (Å²) in [5, 5.41) is 11.1. The molecule has 1 rings (SSSR count). The van der Waals surface area contributed by atoms with Gasteiger partial charge in [-0.25, -0.2) is 9.18 Å². The van der Waals surface area contributed by atoms with Crippen LogP contribution < -0.4 is 5.32 Å². The van der Waals surface area contributed by atoms with Crippen molar-refractivity contribution in [3.8, 4) is 0 Å². The van der Waals surface area contributed by atoms with E-state index in [0.29, 0.717) is 6.61 Å². The second-order valence-electron chi connectivity index (χ2n) is 3.95. The minimum absolute atomic E-state index is 0.0939. The van der Waals surface area contributed by atoms with E-state index in [1.165, 1.54) is 0 Å². The van der Waals surface area contributed by atoms with Crippen molar-refractivity contribution < 1.29 is 23.8 Å². The van der Waals surface area contributed by atoms with Gasteiger partial charge < -0.3 is 15.2 Å². The Labute approximate surface area is 110 Å². The maximum Gasteiger partial charge on any atom is 0.335 e. The fraction of sp³-hybridized carbons (Fsp3) is 0.385. The molecule has 2 N–H and O–H groups in total. The molecule has 0 unspecified atom stereocenters. The van der Waals surface area contributed by atoms with Gasteiger partial charge in [0, 0.05) is 6.61 Å². The fourth-order valence-corrected chi connectivity index (χ4v) is 1.35. The van der Waals surface area contributed by atoms with Gasteiger partial charge in [0.2, 0.25) is 5.91 Å². The Morgan fingerprint density at radius 2 is 2.16 bits per heavy atom. The first kappa shape index (κ1) is 15.1. The molecule has 0 saturated heterocycles. The van der Waals surface area contributed by atoms with Gasteiger partial charge in [-0.05, 0) is 24.6 Å². The number of rotatable bonds is 7. The molecule has 0 aliphatic carbocycles. The first-order valence-electron chi connectivity index (χ1n) is 5.95. The second-order valence-corrected chi connectivity index (χ2v) is 3.95. The van der Waals surface area contributed by atoms with Crippen LogP contribution in [0.15, 0.2) is 18.2 Å². The van der Waals surface area contributed by atoms with Crippen LogP contribution in [0.2, 0.25) is 0 Å². The highest BCUT2D eigenvalue weighted by Gasteiger charge is 2.11. The number of carboxylic acid groups (broad SMARTS) is 1. The number of aromatic carboxylic acids is 1. The molecule has 0 saturated carbocycles. The third kappa shape index (κ3) is 5.05. The van der Waals surface area contributed by atoms with Crippen LogP contribution in [-0.4, -0.2) is 30.2 Å². The van der Waals surface area contributed by atoms with Crippen LogP contribution in [0.3, 0.4) is 0 Å². The Balaban J connectivity index is 2.58. The van der Waals surface area contributed by atoms with E-state index in [9.17, 15) is 14.0 Å². The first-order chi connectivity index (χ1) is 9.04. The molecule has 0 aliphatic heterocycles. The van der Waals surface area contributed by atoms with Gasteiger partial charge in [-0.3, -0.25) is 4.79 Å². The van der Waals surface area contributed by atoms with E-state index in [4.69, 9.17) is 9.84 Å². The number of benzene rings is 1. The first-order valence-corrected chi connectivity index (χ1v) is 5.95. The van der Waals surface area contributed by atoms with E-state index in [2.05, 4.69) is 5.32 Å². The smallest absolute Gasteiger partial charge is 0.335 e. The van der Waals surface area contributed by atoms with Gasteiger partial charge in [-0.2, -0.15) is 0 Å². The number of hydrogen-bond donors (Lipinski definition) is 2. The van der Waals surface area contributed by atoms with Crippen LogP contribution in [-0.2, 0) is 9.53 Å². The lowest BCUT2D eigenvalue weighted by Gasteiger charge is -2.07. The molecule has 5 nitrogen and oxygen atoms in total. The van der Waals surface area contributed by atoms with E-state index in [1.54, 1.807) is 0 Å². The van der Waals surface area contributed by atoms with E-state index in [1.807, 2.05) is 6.92 Å². The van der Waals surface area contributed by atoms with E-state index in [0.717, 1.165) is 31.0 Å². The fourth-order valence-electron chi connectivity index (χ4n) is 1.35. The molecular formula is C13H16FNO4. The summed E-state index contributed by atoms with van der Waals surface area (Å²) in [6.07, 6.45) is 1.80. The van der Waals surface area contributed by atoms with Crippen LogP contribution in [0.1, 0.15) is 30.1 Å². The molecule has 19 heavy (non-hydrogen) atoms. The zero-order chi connectivity index (χ0) is 14.3. The van der Waals surface area contributed by atoms with Crippen molar-refractivity contribution in [3.05, 3.63) is 29.6 Å². The molecule has 0 bridgehead atoms.